The first-order valence-electron chi connectivity index (χ1n) is 6.18. The van der Waals surface area contributed by atoms with Crippen LogP contribution in [0.25, 0.3) is 0 Å². The maximum atomic E-state index is 11.9. The summed E-state index contributed by atoms with van der Waals surface area (Å²) in [6, 6.07) is 4.58. The number of phenols is 1. The molecule has 0 spiro atoms. The molecule has 6 heteroatoms. The van der Waals surface area contributed by atoms with E-state index >= 15 is 0 Å². The molecule has 19 heavy (non-hydrogen) atoms. The number of phenolic OH excluding ortho intramolecular Hbond substituents is 1. The Hall–Kier alpha value is -2.08. The zero-order valence-corrected chi connectivity index (χ0v) is 10.8. The second-order valence-corrected chi connectivity index (χ2v) is 4.50. The SMILES string of the molecule is Cc1cc(O)ccc1NC(=O)C(=O)N1CCNCC1. The van der Waals surface area contributed by atoms with Crippen LogP contribution < -0.4 is 10.6 Å². The third kappa shape index (κ3) is 3.23. The van der Waals surface area contributed by atoms with Gasteiger partial charge in [-0.25, -0.2) is 0 Å². The van der Waals surface area contributed by atoms with E-state index in [0.29, 0.717) is 37.4 Å². The molecule has 0 aliphatic carbocycles. The van der Waals surface area contributed by atoms with Gasteiger partial charge in [-0.15, -0.1) is 0 Å². The van der Waals surface area contributed by atoms with Crippen LogP contribution in [0.15, 0.2) is 18.2 Å². The molecule has 0 bridgehead atoms. The number of hydrogen-bond acceptors (Lipinski definition) is 4. The van der Waals surface area contributed by atoms with Crippen LogP contribution in [-0.2, 0) is 9.59 Å². The molecule has 1 aromatic carbocycles. The number of benzene rings is 1. The first-order valence-corrected chi connectivity index (χ1v) is 6.18. The molecule has 2 rings (SSSR count). The Bertz CT molecular complexity index is 496. The number of amides is 2. The molecule has 1 saturated heterocycles. The predicted octanol–water partition coefficient (Wildman–Crippen LogP) is 0.0709. The van der Waals surface area contributed by atoms with Gasteiger partial charge in [0.1, 0.15) is 5.75 Å². The summed E-state index contributed by atoms with van der Waals surface area (Å²) < 4.78 is 0. The van der Waals surface area contributed by atoms with Gasteiger partial charge < -0.3 is 20.6 Å². The van der Waals surface area contributed by atoms with Crippen LogP contribution in [0, 0.1) is 6.92 Å². The van der Waals surface area contributed by atoms with Crippen molar-refractivity contribution in [2.75, 3.05) is 31.5 Å². The van der Waals surface area contributed by atoms with Gasteiger partial charge in [-0.3, -0.25) is 9.59 Å². The van der Waals surface area contributed by atoms with Gasteiger partial charge in [0.25, 0.3) is 0 Å². The van der Waals surface area contributed by atoms with E-state index in [1.165, 1.54) is 17.0 Å². The van der Waals surface area contributed by atoms with E-state index in [-0.39, 0.29) is 5.75 Å². The summed E-state index contributed by atoms with van der Waals surface area (Å²) in [6.45, 7) is 4.25. The van der Waals surface area contributed by atoms with Gasteiger partial charge in [-0.2, -0.15) is 0 Å². The lowest BCUT2D eigenvalue weighted by Gasteiger charge is -2.26. The van der Waals surface area contributed by atoms with Gasteiger partial charge in [0.15, 0.2) is 0 Å². The Balaban J connectivity index is 2.01. The number of anilines is 1. The molecule has 2 amide bonds. The standard InChI is InChI=1S/C13H17N3O3/c1-9-8-10(17)2-3-11(9)15-12(18)13(19)16-6-4-14-5-7-16/h2-3,8,14,17H,4-7H2,1H3,(H,15,18). The summed E-state index contributed by atoms with van der Waals surface area (Å²) in [4.78, 5) is 25.3. The van der Waals surface area contributed by atoms with Gasteiger partial charge >= 0.3 is 11.8 Å². The number of piperazine rings is 1. The molecule has 1 heterocycles. The summed E-state index contributed by atoms with van der Waals surface area (Å²) in [6.07, 6.45) is 0. The van der Waals surface area contributed by atoms with Crippen molar-refractivity contribution in [2.24, 2.45) is 0 Å². The maximum absolute atomic E-state index is 11.9. The van der Waals surface area contributed by atoms with Crippen molar-refractivity contribution in [1.82, 2.24) is 10.2 Å². The zero-order chi connectivity index (χ0) is 13.8. The first kappa shape index (κ1) is 13.4. The number of nitrogens with zero attached hydrogens (tertiary/aromatic N) is 1. The molecule has 1 aliphatic heterocycles. The van der Waals surface area contributed by atoms with Crippen LogP contribution in [-0.4, -0.2) is 48.0 Å². The minimum atomic E-state index is -0.643. The molecule has 0 saturated carbocycles. The minimum Gasteiger partial charge on any atom is -0.508 e. The van der Waals surface area contributed by atoms with Crippen molar-refractivity contribution >= 4 is 17.5 Å². The van der Waals surface area contributed by atoms with Gasteiger partial charge in [-0.1, -0.05) is 0 Å². The van der Waals surface area contributed by atoms with Crippen LogP contribution in [0.2, 0.25) is 0 Å². The average molecular weight is 263 g/mol. The molecule has 1 aromatic rings. The quantitative estimate of drug-likeness (QED) is 0.495. The first-order chi connectivity index (χ1) is 9.08. The number of aryl methyl sites for hydroxylation is 1. The highest BCUT2D eigenvalue weighted by Gasteiger charge is 2.23. The van der Waals surface area contributed by atoms with E-state index in [2.05, 4.69) is 10.6 Å². The van der Waals surface area contributed by atoms with E-state index in [1.54, 1.807) is 13.0 Å². The van der Waals surface area contributed by atoms with E-state index in [0.717, 1.165) is 0 Å². The molecule has 1 fully saturated rings. The van der Waals surface area contributed by atoms with Gasteiger partial charge in [0.05, 0.1) is 0 Å². The van der Waals surface area contributed by atoms with Gasteiger partial charge in [0, 0.05) is 31.9 Å². The lowest BCUT2D eigenvalue weighted by atomic mass is 10.2. The van der Waals surface area contributed by atoms with Gasteiger partial charge in [0.2, 0.25) is 0 Å². The summed E-state index contributed by atoms with van der Waals surface area (Å²) in [5, 5.41) is 15.0. The minimum absolute atomic E-state index is 0.129. The molecule has 102 valence electrons. The zero-order valence-electron chi connectivity index (χ0n) is 10.8. The monoisotopic (exact) mass is 263 g/mol. The molecular formula is C13H17N3O3. The van der Waals surface area contributed by atoms with Crippen molar-refractivity contribution in [2.45, 2.75) is 6.92 Å². The summed E-state index contributed by atoms with van der Waals surface area (Å²) in [7, 11) is 0. The summed E-state index contributed by atoms with van der Waals surface area (Å²) in [5.74, 6) is -1.03. The second-order valence-electron chi connectivity index (χ2n) is 4.50. The van der Waals surface area contributed by atoms with E-state index in [4.69, 9.17) is 0 Å². The third-order valence-corrected chi connectivity index (χ3v) is 3.06. The predicted molar refractivity (Wildman–Crippen MR) is 70.9 cm³/mol. The van der Waals surface area contributed by atoms with E-state index in [9.17, 15) is 14.7 Å². The largest absolute Gasteiger partial charge is 0.508 e. The van der Waals surface area contributed by atoms with Gasteiger partial charge in [-0.05, 0) is 30.7 Å². The van der Waals surface area contributed by atoms with E-state index < -0.39 is 11.8 Å². The molecule has 0 atom stereocenters. The average Bonchev–Trinajstić information content (AvgIpc) is 2.42. The molecule has 3 N–H and O–H groups in total. The van der Waals surface area contributed by atoms with Crippen LogP contribution in [0.1, 0.15) is 5.56 Å². The van der Waals surface area contributed by atoms with Crippen molar-refractivity contribution in [3.8, 4) is 5.75 Å². The number of carbonyl (C=O) groups is 2. The van der Waals surface area contributed by atoms with Crippen LogP contribution >= 0.6 is 0 Å². The number of aromatic hydroxyl groups is 1. The van der Waals surface area contributed by atoms with Crippen molar-refractivity contribution in [1.29, 1.82) is 0 Å². The normalized spacial score (nSPS) is 15.1. The fourth-order valence-corrected chi connectivity index (χ4v) is 1.98. The summed E-state index contributed by atoms with van der Waals surface area (Å²) in [5.41, 5.74) is 1.24. The fourth-order valence-electron chi connectivity index (χ4n) is 1.98. The lowest BCUT2D eigenvalue weighted by Crippen LogP contribution is -2.49. The summed E-state index contributed by atoms with van der Waals surface area (Å²) >= 11 is 0. The Morgan fingerprint density at radius 2 is 2.00 bits per heavy atom. The second kappa shape index (κ2) is 5.71. The fraction of sp³-hybridized carbons (Fsp3) is 0.385. The van der Waals surface area contributed by atoms with Crippen molar-refractivity contribution in [3.05, 3.63) is 23.8 Å². The Kier molecular flexibility index (Phi) is 4.01. The molecule has 0 radical (unpaired) electrons. The highest BCUT2D eigenvalue weighted by Crippen LogP contribution is 2.20. The molecule has 0 aromatic heterocycles. The van der Waals surface area contributed by atoms with Crippen LogP contribution in [0.4, 0.5) is 5.69 Å². The number of rotatable bonds is 1. The molecule has 6 nitrogen and oxygen atoms in total. The highest BCUT2D eigenvalue weighted by atomic mass is 16.3. The molecule has 0 unspecified atom stereocenters. The van der Waals surface area contributed by atoms with Crippen molar-refractivity contribution < 1.29 is 14.7 Å². The Morgan fingerprint density at radius 1 is 1.32 bits per heavy atom. The van der Waals surface area contributed by atoms with Crippen LogP contribution in [0.3, 0.4) is 0 Å². The smallest absolute Gasteiger partial charge is 0.313 e. The third-order valence-electron chi connectivity index (χ3n) is 3.06. The number of carbonyl (C=O) groups excluding carboxylic acids is 2. The lowest BCUT2D eigenvalue weighted by molar-refractivity contribution is -0.143. The maximum Gasteiger partial charge on any atom is 0.313 e. The molecular weight excluding hydrogens is 246 g/mol. The van der Waals surface area contributed by atoms with E-state index in [1.807, 2.05) is 0 Å². The topological polar surface area (TPSA) is 81.7 Å². The highest BCUT2D eigenvalue weighted by molar-refractivity contribution is 6.39. The number of nitrogens with one attached hydrogen (secondary N) is 2. The number of hydrogen-bond donors (Lipinski definition) is 3. The van der Waals surface area contributed by atoms with Crippen LogP contribution in [0.5, 0.6) is 5.75 Å². The Morgan fingerprint density at radius 3 is 2.63 bits per heavy atom. The van der Waals surface area contributed by atoms with Crippen molar-refractivity contribution in [3.63, 3.8) is 0 Å². The molecule has 1 aliphatic rings. The Labute approximate surface area is 111 Å².